The summed E-state index contributed by atoms with van der Waals surface area (Å²) in [4.78, 5) is 8.65. The van der Waals surface area contributed by atoms with Crippen LogP contribution in [0.1, 0.15) is 38.5 Å². The molecule has 1 aliphatic carbocycles. The second-order valence-corrected chi connectivity index (χ2v) is 5.39. The summed E-state index contributed by atoms with van der Waals surface area (Å²) in [6, 6.07) is 0. The van der Waals surface area contributed by atoms with Gasteiger partial charge in [0.15, 0.2) is 11.5 Å². The number of rotatable bonds is 4. The molecule has 0 aliphatic heterocycles. The Balaban J connectivity index is 1.63. The summed E-state index contributed by atoms with van der Waals surface area (Å²) in [5, 5.41) is 3.39. The fourth-order valence-electron chi connectivity index (χ4n) is 2.94. The maximum atomic E-state index is 5.80. The molecule has 3 N–H and O–H groups in total. The quantitative estimate of drug-likeness (QED) is 0.885. The first-order chi connectivity index (χ1) is 9.33. The molecule has 0 atom stereocenters. The summed E-state index contributed by atoms with van der Waals surface area (Å²) >= 11 is 0. The van der Waals surface area contributed by atoms with Gasteiger partial charge < -0.3 is 15.5 Å². The highest BCUT2D eigenvalue weighted by Gasteiger charge is 2.13. The van der Waals surface area contributed by atoms with E-state index in [0.717, 1.165) is 23.9 Å². The smallest absolute Gasteiger partial charge is 0.180 e. The van der Waals surface area contributed by atoms with Gasteiger partial charge in [-0.1, -0.05) is 32.1 Å². The molecule has 5 heteroatoms. The van der Waals surface area contributed by atoms with Gasteiger partial charge in [0.05, 0.1) is 6.20 Å². The van der Waals surface area contributed by atoms with E-state index in [-0.39, 0.29) is 0 Å². The van der Waals surface area contributed by atoms with Crippen LogP contribution in [0.2, 0.25) is 0 Å². The van der Waals surface area contributed by atoms with Gasteiger partial charge in [-0.2, -0.15) is 0 Å². The third-order valence-electron chi connectivity index (χ3n) is 3.96. The number of nitrogens with one attached hydrogen (secondary N) is 1. The van der Waals surface area contributed by atoms with Crippen LogP contribution in [0.25, 0.3) is 5.65 Å². The molecule has 0 aromatic carbocycles. The number of aromatic nitrogens is 3. The van der Waals surface area contributed by atoms with Crippen LogP contribution in [0, 0.1) is 5.92 Å². The SMILES string of the molecule is Nc1cn2ccnc2c(NCCC2CCCCC2)n1. The Morgan fingerprint density at radius 3 is 3.00 bits per heavy atom. The number of nitrogens with two attached hydrogens (primary N) is 1. The van der Waals surface area contributed by atoms with Gasteiger partial charge in [0.25, 0.3) is 0 Å². The lowest BCUT2D eigenvalue weighted by molar-refractivity contribution is 0.345. The van der Waals surface area contributed by atoms with Crippen LogP contribution < -0.4 is 11.1 Å². The van der Waals surface area contributed by atoms with Crippen LogP contribution in [0.4, 0.5) is 11.6 Å². The van der Waals surface area contributed by atoms with Crippen LogP contribution >= 0.6 is 0 Å². The zero-order valence-electron chi connectivity index (χ0n) is 11.2. The van der Waals surface area contributed by atoms with Crippen LogP contribution in [-0.2, 0) is 0 Å². The topological polar surface area (TPSA) is 68.2 Å². The fourth-order valence-corrected chi connectivity index (χ4v) is 2.94. The molecule has 102 valence electrons. The minimum absolute atomic E-state index is 0.519. The van der Waals surface area contributed by atoms with Gasteiger partial charge in [-0.05, 0) is 12.3 Å². The first-order valence-electron chi connectivity index (χ1n) is 7.16. The molecule has 0 amide bonds. The molecular formula is C14H21N5. The average molecular weight is 259 g/mol. The van der Waals surface area contributed by atoms with Crippen molar-refractivity contribution in [2.75, 3.05) is 17.6 Å². The van der Waals surface area contributed by atoms with Crippen molar-refractivity contribution < 1.29 is 0 Å². The lowest BCUT2D eigenvalue weighted by atomic mass is 9.87. The molecule has 19 heavy (non-hydrogen) atoms. The van der Waals surface area contributed by atoms with Crippen molar-refractivity contribution in [1.29, 1.82) is 0 Å². The highest BCUT2D eigenvalue weighted by atomic mass is 15.1. The van der Waals surface area contributed by atoms with E-state index >= 15 is 0 Å². The Kier molecular flexibility index (Phi) is 3.53. The number of hydrogen-bond acceptors (Lipinski definition) is 4. The van der Waals surface area contributed by atoms with Crippen molar-refractivity contribution in [3.63, 3.8) is 0 Å². The van der Waals surface area contributed by atoms with Gasteiger partial charge in [0, 0.05) is 18.9 Å². The van der Waals surface area contributed by atoms with E-state index in [1.807, 2.05) is 10.6 Å². The third-order valence-corrected chi connectivity index (χ3v) is 3.96. The summed E-state index contributed by atoms with van der Waals surface area (Å²) in [6.45, 7) is 0.948. The Morgan fingerprint density at radius 2 is 2.16 bits per heavy atom. The van der Waals surface area contributed by atoms with Crippen LogP contribution in [0.3, 0.4) is 0 Å². The molecule has 2 aromatic rings. The second-order valence-electron chi connectivity index (χ2n) is 5.39. The molecule has 0 radical (unpaired) electrons. The molecule has 0 spiro atoms. The third kappa shape index (κ3) is 2.80. The zero-order valence-corrected chi connectivity index (χ0v) is 11.2. The lowest BCUT2D eigenvalue weighted by Gasteiger charge is -2.21. The fraction of sp³-hybridized carbons (Fsp3) is 0.571. The molecule has 2 aromatic heterocycles. The van der Waals surface area contributed by atoms with E-state index in [0.29, 0.717) is 5.82 Å². The molecule has 0 unspecified atom stereocenters. The molecule has 0 saturated heterocycles. The summed E-state index contributed by atoms with van der Waals surface area (Å²) in [6.07, 6.45) is 13.6. The van der Waals surface area contributed by atoms with Crippen molar-refractivity contribution >= 4 is 17.3 Å². The van der Waals surface area contributed by atoms with Gasteiger partial charge in [-0.3, -0.25) is 0 Å². The van der Waals surface area contributed by atoms with Crippen LogP contribution in [0.5, 0.6) is 0 Å². The zero-order chi connectivity index (χ0) is 13.1. The summed E-state index contributed by atoms with van der Waals surface area (Å²) in [7, 11) is 0. The Morgan fingerprint density at radius 1 is 1.32 bits per heavy atom. The monoisotopic (exact) mass is 259 g/mol. The van der Waals surface area contributed by atoms with E-state index in [9.17, 15) is 0 Å². The molecule has 1 fully saturated rings. The molecule has 0 bridgehead atoms. The van der Waals surface area contributed by atoms with E-state index < -0.39 is 0 Å². The molecule has 1 saturated carbocycles. The summed E-state index contributed by atoms with van der Waals surface area (Å²) in [5.74, 6) is 2.18. The highest BCUT2D eigenvalue weighted by Crippen LogP contribution is 2.26. The van der Waals surface area contributed by atoms with Gasteiger partial charge in [-0.25, -0.2) is 9.97 Å². The van der Waals surface area contributed by atoms with Gasteiger partial charge in [0.1, 0.15) is 5.82 Å². The number of anilines is 2. The highest BCUT2D eigenvalue weighted by molar-refractivity contribution is 5.64. The van der Waals surface area contributed by atoms with Crippen molar-refractivity contribution in [3.8, 4) is 0 Å². The van der Waals surface area contributed by atoms with Crippen molar-refractivity contribution in [3.05, 3.63) is 18.6 Å². The maximum Gasteiger partial charge on any atom is 0.180 e. The molecular weight excluding hydrogens is 238 g/mol. The maximum absolute atomic E-state index is 5.80. The predicted octanol–water partition coefficient (Wildman–Crippen LogP) is 2.69. The molecule has 2 heterocycles. The average Bonchev–Trinajstić information content (AvgIpc) is 2.88. The first kappa shape index (κ1) is 12.3. The van der Waals surface area contributed by atoms with Gasteiger partial charge in [0.2, 0.25) is 0 Å². The number of imidazole rings is 1. The lowest BCUT2D eigenvalue weighted by Crippen LogP contribution is -2.13. The second kappa shape index (κ2) is 5.47. The van der Waals surface area contributed by atoms with Crippen molar-refractivity contribution in [2.45, 2.75) is 38.5 Å². The standard InChI is InChI=1S/C14H21N5/c15-12-10-19-9-8-17-14(19)13(18-12)16-7-6-11-4-2-1-3-5-11/h8-11H,1-7,15H2,(H,16,18). The Labute approximate surface area is 113 Å². The number of hydrogen-bond donors (Lipinski definition) is 2. The van der Waals surface area contributed by atoms with Crippen molar-refractivity contribution in [2.24, 2.45) is 5.92 Å². The first-order valence-corrected chi connectivity index (χ1v) is 7.16. The Bertz CT molecular complexity index is 542. The Hall–Kier alpha value is -1.78. The minimum atomic E-state index is 0.519. The van der Waals surface area contributed by atoms with Crippen LogP contribution in [-0.4, -0.2) is 20.9 Å². The van der Waals surface area contributed by atoms with Crippen LogP contribution in [0.15, 0.2) is 18.6 Å². The number of nitrogen functional groups attached to an aromatic ring is 1. The number of nitrogens with zero attached hydrogens (tertiary/aromatic N) is 3. The summed E-state index contributed by atoms with van der Waals surface area (Å²) < 4.78 is 1.91. The van der Waals surface area contributed by atoms with E-state index in [2.05, 4.69) is 15.3 Å². The van der Waals surface area contributed by atoms with Gasteiger partial charge >= 0.3 is 0 Å². The molecule has 3 rings (SSSR count). The normalized spacial score (nSPS) is 16.8. The van der Waals surface area contributed by atoms with E-state index in [1.165, 1.54) is 38.5 Å². The predicted molar refractivity (Wildman–Crippen MR) is 77.1 cm³/mol. The van der Waals surface area contributed by atoms with E-state index in [1.54, 1.807) is 12.4 Å². The molecule has 5 nitrogen and oxygen atoms in total. The number of fused-ring (bicyclic) bond motifs is 1. The van der Waals surface area contributed by atoms with E-state index in [4.69, 9.17) is 5.73 Å². The summed E-state index contributed by atoms with van der Waals surface area (Å²) in [5.41, 5.74) is 6.64. The van der Waals surface area contributed by atoms with Crippen molar-refractivity contribution in [1.82, 2.24) is 14.4 Å². The molecule has 1 aliphatic rings. The van der Waals surface area contributed by atoms with Gasteiger partial charge in [-0.15, -0.1) is 0 Å². The minimum Gasteiger partial charge on any atom is -0.382 e. The largest absolute Gasteiger partial charge is 0.382 e.